The summed E-state index contributed by atoms with van der Waals surface area (Å²) >= 11 is 0. The Hall–Kier alpha value is -2.10. The summed E-state index contributed by atoms with van der Waals surface area (Å²) in [7, 11) is -8.17. The first kappa shape index (κ1) is 23.2. The molecule has 2 N–H and O–H groups in total. The highest BCUT2D eigenvalue weighted by Crippen LogP contribution is 3.02. The van der Waals surface area contributed by atoms with Gasteiger partial charge in [0.2, 0.25) is 5.91 Å². The smallest absolute Gasteiger partial charge is 0.310 e. The Bertz CT molecular complexity index is 857. The molecule has 0 aromatic rings. The van der Waals surface area contributed by atoms with Crippen LogP contribution in [0.3, 0.4) is 0 Å². The van der Waals surface area contributed by atoms with Crippen LogP contribution in [0.15, 0.2) is 51.9 Å². The highest BCUT2D eigenvalue weighted by atomic mass is 32.5. The van der Waals surface area contributed by atoms with Gasteiger partial charge in [-0.25, -0.2) is 4.99 Å². The van der Waals surface area contributed by atoms with E-state index in [9.17, 15) is 24.2 Å². The van der Waals surface area contributed by atoms with Crippen LogP contribution in [0.1, 0.15) is 33.6 Å². The van der Waals surface area contributed by atoms with Gasteiger partial charge < -0.3 is 5.73 Å². The Morgan fingerprint density at radius 3 is 2.45 bits per heavy atom. The molecule has 0 heterocycles. The van der Waals surface area contributed by atoms with Crippen molar-refractivity contribution in [2.75, 3.05) is 7.05 Å². The highest BCUT2D eigenvalue weighted by molar-refractivity contribution is 8.48. The van der Waals surface area contributed by atoms with Crippen LogP contribution in [-0.4, -0.2) is 29.9 Å². The maximum absolute atomic E-state index is 13.0. The van der Waals surface area contributed by atoms with Crippen LogP contribution < -0.4 is 5.73 Å². The molecule has 1 amide bonds. The molecule has 0 fully saturated rings. The number of halogens is 5. The van der Waals surface area contributed by atoms with Crippen molar-refractivity contribution in [3.8, 4) is 0 Å². The van der Waals surface area contributed by atoms with Gasteiger partial charge in [-0.05, 0) is 25.8 Å². The molecule has 3 unspecified atom stereocenters. The van der Waals surface area contributed by atoms with E-state index in [0.717, 1.165) is 5.57 Å². The van der Waals surface area contributed by atoms with Gasteiger partial charge in [0.1, 0.15) is 4.91 Å². The highest BCUT2D eigenvalue weighted by Gasteiger charge is 2.66. The van der Waals surface area contributed by atoms with Gasteiger partial charge in [0.05, 0.1) is 6.04 Å². The zero-order chi connectivity index (χ0) is 22.3. The quantitative estimate of drug-likeness (QED) is 0.341. The van der Waals surface area contributed by atoms with Gasteiger partial charge in [-0.3, -0.25) is 9.69 Å². The summed E-state index contributed by atoms with van der Waals surface area (Å²) in [6.45, 7) is 4.90. The number of aliphatic imine (C=N–C) groups is 1. The zero-order valence-electron chi connectivity index (χ0n) is 16.7. The predicted molar refractivity (Wildman–Crippen MR) is 108 cm³/mol. The van der Waals surface area contributed by atoms with Crippen LogP contribution >= 0.6 is 10.2 Å². The molecule has 0 aliphatic heterocycles. The van der Waals surface area contributed by atoms with Crippen LogP contribution in [-0.2, 0) is 4.79 Å². The molecule has 0 radical (unpaired) electrons. The van der Waals surface area contributed by atoms with Crippen molar-refractivity contribution < 1.29 is 24.2 Å². The van der Waals surface area contributed by atoms with Gasteiger partial charge in [-0.2, -0.15) is 0 Å². The van der Waals surface area contributed by atoms with Gasteiger partial charge >= 0.3 is 10.2 Å². The average Bonchev–Trinajstić information content (AvgIpc) is 2.59. The number of carbonyl (C=O) groups excluding carboxylic acids is 1. The van der Waals surface area contributed by atoms with E-state index in [-0.39, 0.29) is 30.2 Å². The maximum atomic E-state index is 13.0. The third-order valence-corrected chi connectivity index (χ3v) is 6.60. The lowest BCUT2D eigenvalue weighted by atomic mass is 9.71. The molecule has 29 heavy (non-hydrogen) atoms. The Kier molecular flexibility index (Phi) is 5.37. The molecule has 0 bridgehead atoms. The monoisotopic (exact) mass is 439 g/mol. The van der Waals surface area contributed by atoms with E-state index < -0.39 is 20.5 Å². The summed E-state index contributed by atoms with van der Waals surface area (Å²) in [6, 6.07) is -0.288. The minimum absolute atomic E-state index is 0.0710. The molecule has 0 saturated heterocycles. The molecular weight excluding hydrogens is 413 g/mol. The molecular formula is C19H26F5N3OS. The summed E-state index contributed by atoms with van der Waals surface area (Å²) < 4.78 is 65.0. The van der Waals surface area contributed by atoms with Crippen molar-refractivity contribution in [1.29, 1.82) is 0 Å². The van der Waals surface area contributed by atoms with Gasteiger partial charge in [0, 0.05) is 25.3 Å². The van der Waals surface area contributed by atoms with Gasteiger partial charge in [0.25, 0.3) is 0 Å². The van der Waals surface area contributed by atoms with E-state index in [4.69, 9.17) is 5.73 Å². The topological polar surface area (TPSA) is 58.7 Å². The molecule has 10 heteroatoms. The molecule has 0 spiro atoms. The molecule has 2 aliphatic rings. The lowest BCUT2D eigenvalue weighted by Gasteiger charge is -2.44. The second-order valence-corrected chi connectivity index (χ2v) is 10.2. The van der Waals surface area contributed by atoms with Gasteiger partial charge in [-0.15, -0.1) is 0 Å². The van der Waals surface area contributed by atoms with E-state index >= 15 is 0 Å². The Labute approximate surface area is 167 Å². The van der Waals surface area contributed by atoms with Crippen molar-refractivity contribution >= 4 is 22.1 Å². The van der Waals surface area contributed by atoms with Crippen LogP contribution in [0, 0.1) is 11.3 Å². The first-order valence-electron chi connectivity index (χ1n) is 9.02. The van der Waals surface area contributed by atoms with E-state index in [1.165, 1.54) is 24.9 Å². The number of guanidine groups is 1. The van der Waals surface area contributed by atoms with Gasteiger partial charge in [0.15, 0.2) is 5.96 Å². The third-order valence-electron chi connectivity index (χ3n) is 5.40. The first-order valence-corrected chi connectivity index (χ1v) is 11.0. The number of hydrogen-bond acceptors (Lipinski definition) is 2. The summed E-state index contributed by atoms with van der Waals surface area (Å²) in [5.41, 5.74) is 5.85. The number of amides is 1. The fourth-order valence-electron chi connectivity index (χ4n) is 3.25. The van der Waals surface area contributed by atoms with E-state index in [1.54, 1.807) is 19.1 Å². The first-order chi connectivity index (χ1) is 12.9. The van der Waals surface area contributed by atoms with Crippen molar-refractivity contribution in [2.45, 2.75) is 39.7 Å². The maximum Gasteiger partial charge on any atom is 0.310 e. The second-order valence-electron chi connectivity index (χ2n) is 7.78. The normalized spacial score (nSPS) is 28.7. The lowest BCUT2D eigenvalue weighted by molar-refractivity contribution is -0.124. The van der Waals surface area contributed by atoms with Crippen molar-refractivity contribution in [1.82, 2.24) is 4.90 Å². The minimum atomic E-state index is -9.67. The molecule has 164 valence electrons. The molecule has 0 saturated carbocycles. The van der Waals surface area contributed by atoms with Gasteiger partial charge in [-0.1, -0.05) is 62.3 Å². The van der Waals surface area contributed by atoms with E-state index in [1.807, 2.05) is 13.0 Å². The fraction of sp³-hybridized carbons (Fsp3) is 0.474. The predicted octanol–water partition coefficient (Wildman–Crippen LogP) is 5.82. The van der Waals surface area contributed by atoms with Crippen molar-refractivity contribution in [2.24, 2.45) is 22.1 Å². The minimum Gasteiger partial charge on any atom is -0.369 e. The number of nitrogens with zero attached hydrogens (tertiary/aromatic N) is 2. The average molecular weight is 439 g/mol. The largest absolute Gasteiger partial charge is 0.369 e. The number of hydrogen-bond donors (Lipinski definition) is 1. The van der Waals surface area contributed by atoms with Crippen LogP contribution in [0.25, 0.3) is 0 Å². The Morgan fingerprint density at radius 1 is 1.34 bits per heavy atom. The van der Waals surface area contributed by atoms with E-state index in [0.29, 0.717) is 18.6 Å². The van der Waals surface area contributed by atoms with E-state index in [2.05, 4.69) is 4.99 Å². The molecule has 2 rings (SSSR count). The Balaban J connectivity index is 2.17. The number of rotatable bonds is 4. The van der Waals surface area contributed by atoms with Crippen molar-refractivity contribution in [3.63, 3.8) is 0 Å². The lowest BCUT2D eigenvalue weighted by Crippen LogP contribution is -2.38. The summed E-state index contributed by atoms with van der Waals surface area (Å²) in [5, 5.41) is 0. The standard InChI is InChI=1S/C19H26F5N3OS/c1-13(26-18(25)27(4)14(2)28)15-6-5-7-16(12-15)19(3)10-8-17(9-11-19)29(20,21,22,23)24/h5-10,13,15H,11-12H2,1-4H3,(H2,25,26). The zero-order valence-corrected chi connectivity index (χ0v) is 17.5. The molecule has 3 atom stereocenters. The fourth-order valence-corrected chi connectivity index (χ4v) is 3.97. The second kappa shape index (κ2) is 6.72. The van der Waals surface area contributed by atoms with Crippen LogP contribution in [0.5, 0.6) is 0 Å². The number of carbonyl (C=O) groups is 1. The van der Waals surface area contributed by atoms with Crippen LogP contribution in [0.2, 0.25) is 0 Å². The number of nitrogens with two attached hydrogens (primary N) is 1. The Morgan fingerprint density at radius 2 is 1.97 bits per heavy atom. The van der Waals surface area contributed by atoms with Crippen LogP contribution in [0.4, 0.5) is 19.4 Å². The SMILES string of the molecule is CC(=O)N(C)C(N)=NC(C)C1C=CC=C(C2(C)C=CC(S(F)(F)(F)(F)F)=CC2)C1. The summed E-state index contributed by atoms with van der Waals surface area (Å²) in [6.07, 6.45) is 8.06. The molecule has 4 nitrogen and oxygen atoms in total. The van der Waals surface area contributed by atoms with Crippen molar-refractivity contribution in [3.05, 3.63) is 46.9 Å². The molecule has 0 aromatic carbocycles. The molecule has 2 aliphatic carbocycles. The number of allylic oxidation sites excluding steroid dienone is 6. The summed E-state index contributed by atoms with van der Waals surface area (Å²) in [5.74, 6) is -0.286. The summed E-state index contributed by atoms with van der Waals surface area (Å²) in [4.78, 5) is 15.1. The molecule has 0 aromatic heterocycles. The third kappa shape index (κ3) is 5.49.